The van der Waals surface area contributed by atoms with Gasteiger partial charge in [-0.25, -0.2) is 0 Å². The Hall–Kier alpha value is -2.09. The van der Waals surface area contributed by atoms with E-state index >= 15 is 0 Å². The molecule has 1 aliphatic heterocycles. The van der Waals surface area contributed by atoms with Crippen LogP contribution in [0.15, 0.2) is 54.6 Å². The van der Waals surface area contributed by atoms with E-state index in [2.05, 4.69) is 29.2 Å². The molecule has 0 radical (unpaired) electrons. The van der Waals surface area contributed by atoms with Crippen LogP contribution in [0, 0.1) is 0 Å². The third-order valence-corrected chi connectivity index (χ3v) is 5.14. The number of rotatable bonds is 2. The first-order valence-electron chi connectivity index (χ1n) is 7.76. The summed E-state index contributed by atoms with van der Waals surface area (Å²) in [5, 5.41) is 0. The minimum absolute atomic E-state index is 0.209. The lowest BCUT2D eigenvalue weighted by molar-refractivity contribution is -0.0487. The van der Waals surface area contributed by atoms with Crippen molar-refractivity contribution in [2.75, 3.05) is 6.54 Å². The van der Waals surface area contributed by atoms with E-state index in [-0.39, 0.29) is 11.4 Å². The van der Waals surface area contributed by atoms with Crippen LogP contribution in [0.3, 0.4) is 0 Å². The maximum atomic E-state index is 12.6. The van der Waals surface area contributed by atoms with E-state index in [0.717, 1.165) is 17.7 Å². The van der Waals surface area contributed by atoms with Gasteiger partial charge in [0.2, 0.25) is 0 Å². The van der Waals surface area contributed by atoms with Gasteiger partial charge in [-0.2, -0.15) is 0 Å². The second-order valence-corrected chi connectivity index (χ2v) is 6.23. The van der Waals surface area contributed by atoms with E-state index < -0.39 is 0 Å². The zero-order valence-corrected chi connectivity index (χ0v) is 12.1. The summed E-state index contributed by atoms with van der Waals surface area (Å²) in [6, 6.07) is 18.3. The molecule has 1 amide bonds. The van der Waals surface area contributed by atoms with Crippen LogP contribution in [0.1, 0.15) is 36.0 Å². The van der Waals surface area contributed by atoms with Crippen molar-refractivity contribution in [2.24, 2.45) is 0 Å². The number of carbonyl (C=O) groups excluding carboxylic acids is 1. The summed E-state index contributed by atoms with van der Waals surface area (Å²) >= 11 is 0. The van der Waals surface area contributed by atoms with Gasteiger partial charge in [0.1, 0.15) is 0 Å². The first-order chi connectivity index (χ1) is 10.3. The Balaban J connectivity index is 1.55. The molecular weight excluding hydrogens is 258 g/mol. The van der Waals surface area contributed by atoms with Crippen molar-refractivity contribution in [3.8, 4) is 11.1 Å². The van der Waals surface area contributed by atoms with E-state index in [4.69, 9.17) is 0 Å². The van der Waals surface area contributed by atoms with Crippen LogP contribution in [0.25, 0.3) is 11.1 Å². The van der Waals surface area contributed by atoms with Crippen LogP contribution in [0.4, 0.5) is 0 Å². The summed E-state index contributed by atoms with van der Waals surface area (Å²) in [7, 11) is 0. The van der Waals surface area contributed by atoms with Gasteiger partial charge in [-0.05, 0) is 48.9 Å². The molecule has 0 bridgehead atoms. The highest BCUT2D eigenvalue weighted by molar-refractivity contribution is 5.96. The molecule has 2 aromatic carbocycles. The zero-order valence-electron chi connectivity index (χ0n) is 12.1. The minimum Gasteiger partial charge on any atom is -0.333 e. The normalized spacial score (nSPS) is 19.0. The highest BCUT2D eigenvalue weighted by atomic mass is 16.2. The van der Waals surface area contributed by atoms with E-state index in [0.29, 0.717) is 0 Å². The molecule has 1 saturated heterocycles. The molecule has 1 saturated carbocycles. The van der Waals surface area contributed by atoms with Crippen molar-refractivity contribution >= 4 is 5.91 Å². The Labute approximate surface area is 125 Å². The number of likely N-dealkylation sites (tertiary alicyclic amines) is 1. The summed E-state index contributed by atoms with van der Waals surface area (Å²) in [6.45, 7) is 0.930. The molecular formula is C19H19NO. The lowest BCUT2D eigenvalue weighted by Gasteiger charge is -2.58. The first kappa shape index (κ1) is 12.6. The third kappa shape index (κ3) is 1.98. The topological polar surface area (TPSA) is 20.3 Å². The fraction of sp³-hybridized carbons (Fsp3) is 0.316. The molecule has 21 heavy (non-hydrogen) atoms. The summed E-state index contributed by atoms with van der Waals surface area (Å²) in [5.41, 5.74) is 3.40. The van der Waals surface area contributed by atoms with Gasteiger partial charge in [0.15, 0.2) is 0 Å². The fourth-order valence-electron chi connectivity index (χ4n) is 3.55. The number of hydrogen-bond acceptors (Lipinski definition) is 1. The molecule has 0 N–H and O–H groups in total. The van der Waals surface area contributed by atoms with E-state index in [9.17, 15) is 4.79 Å². The highest BCUT2D eigenvalue weighted by Gasteiger charge is 2.51. The Kier molecular flexibility index (Phi) is 2.85. The predicted molar refractivity (Wildman–Crippen MR) is 84.1 cm³/mol. The Morgan fingerprint density at radius 1 is 0.857 bits per heavy atom. The molecule has 1 spiro atoms. The fourth-order valence-corrected chi connectivity index (χ4v) is 3.55. The number of nitrogens with zero attached hydrogens (tertiary/aromatic N) is 1. The van der Waals surface area contributed by atoms with Crippen LogP contribution < -0.4 is 0 Å². The van der Waals surface area contributed by atoms with Crippen LogP contribution in [-0.2, 0) is 0 Å². The quantitative estimate of drug-likeness (QED) is 0.808. The maximum Gasteiger partial charge on any atom is 0.254 e. The van der Waals surface area contributed by atoms with Gasteiger partial charge in [0.05, 0.1) is 0 Å². The lowest BCUT2D eigenvalue weighted by Crippen LogP contribution is -2.65. The van der Waals surface area contributed by atoms with Gasteiger partial charge >= 0.3 is 0 Å². The van der Waals surface area contributed by atoms with Crippen molar-refractivity contribution in [1.82, 2.24) is 4.90 Å². The highest BCUT2D eigenvalue weighted by Crippen LogP contribution is 2.47. The summed E-state index contributed by atoms with van der Waals surface area (Å²) < 4.78 is 0. The van der Waals surface area contributed by atoms with Gasteiger partial charge < -0.3 is 4.90 Å². The van der Waals surface area contributed by atoms with Crippen molar-refractivity contribution < 1.29 is 4.79 Å². The van der Waals surface area contributed by atoms with Crippen molar-refractivity contribution in [1.29, 1.82) is 0 Å². The average Bonchev–Trinajstić information content (AvgIpc) is 2.46. The van der Waals surface area contributed by atoms with E-state index in [1.807, 2.05) is 30.3 Å². The van der Waals surface area contributed by atoms with Crippen LogP contribution in [-0.4, -0.2) is 22.9 Å². The molecule has 0 unspecified atom stereocenters. The Morgan fingerprint density at radius 2 is 1.52 bits per heavy atom. The Morgan fingerprint density at radius 3 is 2.05 bits per heavy atom. The van der Waals surface area contributed by atoms with Gasteiger partial charge in [-0.3, -0.25) is 4.79 Å². The van der Waals surface area contributed by atoms with Crippen molar-refractivity contribution in [3.63, 3.8) is 0 Å². The average molecular weight is 277 g/mol. The third-order valence-electron chi connectivity index (χ3n) is 5.14. The minimum atomic E-state index is 0.209. The molecule has 1 aliphatic carbocycles. The monoisotopic (exact) mass is 277 g/mol. The number of benzene rings is 2. The molecule has 2 nitrogen and oxygen atoms in total. The molecule has 106 valence electrons. The largest absolute Gasteiger partial charge is 0.333 e. The molecule has 4 rings (SSSR count). The summed E-state index contributed by atoms with van der Waals surface area (Å²) in [4.78, 5) is 14.7. The number of amides is 1. The van der Waals surface area contributed by atoms with Gasteiger partial charge in [-0.15, -0.1) is 0 Å². The van der Waals surface area contributed by atoms with E-state index in [1.54, 1.807) is 0 Å². The van der Waals surface area contributed by atoms with Gasteiger partial charge in [0, 0.05) is 17.6 Å². The zero-order chi connectivity index (χ0) is 14.3. The summed E-state index contributed by atoms with van der Waals surface area (Å²) in [5.74, 6) is 0.209. The molecule has 1 heterocycles. The van der Waals surface area contributed by atoms with Crippen molar-refractivity contribution in [3.05, 3.63) is 60.2 Å². The molecule has 0 aromatic heterocycles. The van der Waals surface area contributed by atoms with Gasteiger partial charge in [-0.1, -0.05) is 42.5 Å². The molecule has 2 aliphatic rings. The Bertz CT molecular complexity index is 650. The number of carbonyl (C=O) groups is 1. The second kappa shape index (κ2) is 4.73. The maximum absolute atomic E-state index is 12.6. The van der Waals surface area contributed by atoms with Crippen LogP contribution in [0.2, 0.25) is 0 Å². The summed E-state index contributed by atoms with van der Waals surface area (Å²) in [6.07, 6.45) is 4.86. The number of hydrogen-bond donors (Lipinski definition) is 0. The molecule has 2 fully saturated rings. The standard InChI is InChI=1S/C19H19NO/c21-18(20-14-13-19(20)11-4-12-19)17-9-7-16(8-10-17)15-5-2-1-3-6-15/h1-3,5-10H,4,11-14H2. The molecule has 2 heteroatoms. The predicted octanol–water partition coefficient (Wildman–Crippen LogP) is 4.12. The lowest BCUT2D eigenvalue weighted by atomic mass is 9.67. The van der Waals surface area contributed by atoms with Crippen LogP contribution >= 0.6 is 0 Å². The SMILES string of the molecule is O=C(c1ccc(-c2ccccc2)cc1)N1CCC12CCC2. The van der Waals surface area contributed by atoms with Crippen LogP contribution in [0.5, 0.6) is 0 Å². The van der Waals surface area contributed by atoms with Gasteiger partial charge in [0.25, 0.3) is 5.91 Å². The molecule has 2 aromatic rings. The second-order valence-electron chi connectivity index (χ2n) is 6.23. The van der Waals surface area contributed by atoms with E-state index in [1.165, 1.54) is 31.2 Å². The van der Waals surface area contributed by atoms with Crippen molar-refractivity contribution in [2.45, 2.75) is 31.2 Å². The smallest absolute Gasteiger partial charge is 0.254 e. The molecule has 0 atom stereocenters. The first-order valence-corrected chi connectivity index (χ1v) is 7.76.